The lowest BCUT2D eigenvalue weighted by atomic mass is 9.74. The zero-order valence-corrected chi connectivity index (χ0v) is 22.3. The van der Waals surface area contributed by atoms with Gasteiger partial charge in [-0.1, -0.05) is 11.6 Å². The summed E-state index contributed by atoms with van der Waals surface area (Å²) in [7, 11) is 1.54. The Morgan fingerprint density at radius 3 is 2.65 bits per heavy atom. The fourth-order valence-corrected chi connectivity index (χ4v) is 6.05. The number of fused-ring (bicyclic) bond motifs is 1. The third kappa shape index (κ3) is 6.72. The van der Waals surface area contributed by atoms with Crippen molar-refractivity contribution in [3.8, 4) is 5.75 Å². The Morgan fingerprint density at radius 1 is 1.24 bits per heavy atom. The van der Waals surface area contributed by atoms with Crippen molar-refractivity contribution < 1.29 is 23.4 Å². The number of carbonyl (C=O) groups is 1. The Hall–Kier alpha value is -2.42. The normalized spacial score (nSPS) is 16.5. The highest BCUT2D eigenvalue weighted by atomic mass is 35.5. The zero-order valence-electron chi connectivity index (χ0n) is 20.8. The van der Waals surface area contributed by atoms with E-state index in [1.165, 1.54) is 18.3 Å². The van der Waals surface area contributed by atoms with Crippen molar-refractivity contribution in [1.29, 1.82) is 0 Å². The Kier molecular flexibility index (Phi) is 9.27. The molecule has 3 aromatic rings. The quantitative estimate of drug-likeness (QED) is 0.202. The first kappa shape index (κ1) is 27.6. The Labute approximate surface area is 225 Å². The summed E-state index contributed by atoms with van der Waals surface area (Å²) in [6.07, 6.45) is 2.25. The first-order valence-electron chi connectivity index (χ1n) is 12.4. The van der Waals surface area contributed by atoms with Gasteiger partial charge < -0.3 is 14.7 Å². The van der Waals surface area contributed by atoms with Crippen molar-refractivity contribution in [1.82, 2.24) is 9.88 Å². The average molecular weight is 549 g/mol. The number of rotatable bonds is 11. The fourth-order valence-electron chi connectivity index (χ4n) is 4.95. The number of benzene rings is 2. The van der Waals surface area contributed by atoms with Gasteiger partial charge in [-0.3, -0.25) is 9.78 Å². The van der Waals surface area contributed by atoms with Crippen LogP contribution in [-0.4, -0.2) is 53.5 Å². The molecule has 2 heterocycles. The van der Waals surface area contributed by atoms with E-state index in [-0.39, 0.29) is 23.7 Å². The number of carboxylic acid groups (broad SMARTS) is 1. The molecule has 0 amide bonds. The summed E-state index contributed by atoms with van der Waals surface area (Å²) in [5.74, 6) is 0.381. The highest BCUT2D eigenvalue weighted by Gasteiger charge is 2.41. The predicted octanol–water partition coefficient (Wildman–Crippen LogP) is 7.18. The second-order valence-electron chi connectivity index (χ2n) is 9.49. The van der Waals surface area contributed by atoms with Gasteiger partial charge in [-0.15, -0.1) is 11.8 Å². The van der Waals surface area contributed by atoms with E-state index in [0.29, 0.717) is 48.1 Å². The number of likely N-dealkylation sites (tertiary alicyclic amines) is 1. The molecular formula is C28H31ClF2N2O3S. The van der Waals surface area contributed by atoms with Gasteiger partial charge in [0.05, 0.1) is 23.1 Å². The molecular weight excluding hydrogens is 518 g/mol. The van der Waals surface area contributed by atoms with E-state index in [9.17, 15) is 14.3 Å². The molecule has 2 aromatic carbocycles. The third-order valence-electron chi connectivity index (χ3n) is 7.23. The smallest absolute Gasteiger partial charge is 0.309 e. The minimum atomic E-state index is -1.41. The number of methoxy groups -OCH3 is 1. The molecule has 1 aromatic heterocycles. The van der Waals surface area contributed by atoms with E-state index in [1.807, 2.05) is 0 Å². The maximum Gasteiger partial charge on any atom is 0.309 e. The molecule has 4 rings (SSSR count). The van der Waals surface area contributed by atoms with Crippen molar-refractivity contribution in [3.05, 3.63) is 65.1 Å². The Bertz CT molecular complexity index is 1220. The van der Waals surface area contributed by atoms with Crippen molar-refractivity contribution in [2.24, 2.45) is 5.41 Å². The summed E-state index contributed by atoms with van der Waals surface area (Å²) < 4.78 is 33.9. The molecule has 1 N–H and O–H groups in total. The van der Waals surface area contributed by atoms with E-state index in [2.05, 4.69) is 9.88 Å². The highest BCUT2D eigenvalue weighted by molar-refractivity contribution is 7.99. The summed E-state index contributed by atoms with van der Waals surface area (Å²) in [5, 5.41) is 10.9. The van der Waals surface area contributed by atoms with Crippen molar-refractivity contribution in [2.75, 3.05) is 32.5 Å². The van der Waals surface area contributed by atoms with E-state index in [4.69, 9.17) is 16.3 Å². The summed E-state index contributed by atoms with van der Waals surface area (Å²) in [6, 6.07) is 11.7. The molecule has 37 heavy (non-hydrogen) atoms. The van der Waals surface area contributed by atoms with Crippen LogP contribution in [0.5, 0.6) is 5.75 Å². The second-order valence-corrected chi connectivity index (χ2v) is 11.1. The third-order valence-corrected chi connectivity index (χ3v) is 8.63. The van der Waals surface area contributed by atoms with E-state index >= 15 is 4.39 Å². The predicted molar refractivity (Wildman–Crippen MR) is 144 cm³/mol. The molecule has 5 nitrogen and oxygen atoms in total. The monoisotopic (exact) mass is 548 g/mol. The minimum Gasteiger partial charge on any atom is -0.497 e. The van der Waals surface area contributed by atoms with Gasteiger partial charge in [0.2, 0.25) is 0 Å². The number of alkyl halides is 1. The van der Waals surface area contributed by atoms with Crippen molar-refractivity contribution in [3.63, 3.8) is 0 Å². The number of pyridine rings is 1. The first-order chi connectivity index (χ1) is 17.8. The van der Waals surface area contributed by atoms with E-state index < -0.39 is 17.6 Å². The topological polar surface area (TPSA) is 62.7 Å². The van der Waals surface area contributed by atoms with E-state index in [0.717, 1.165) is 23.6 Å². The van der Waals surface area contributed by atoms with Gasteiger partial charge in [0.15, 0.2) is 0 Å². The highest BCUT2D eigenvalue weighted by Crippen LogP contribution is 2.42. The lowest BCUT2D eigenvalue weighted by Gasteiger charge is -2.39. The molecule has 9 heteroatoms. The number of aliphatic carboxylic acids is 1. The molecule has 1 atom stereocenters. The fraction of sp³-hybridized carbons (Fsp3) is 0.429. The van der Waals surface area contributed by atoms with Crippen LogP contribution in [0.3, 0.4) is 0 Å². The molecule has 1 aliphatic heterocycles. The summed E-state index contributed by atoms with van der Waals surface area (Å²) >= 11 is 8.04. The van der Waals surface area contributed by atoms with Crippen LogP contribution in [0, 0.1) is 11.2 Å². The number of halogens is 3. The molecule has 1 unspecified atom stereocenters. The lowest BCUT2D eigenvalue weighted by molar-refractivity contribution is -0.153. The summed E-state index contributed by atoms with van der Waals surface area (Å²) in [5.41, 5.74) is 0.000333. The SMILES string of the molecule is COc1ccc2ncc(Cl)c(C(F)CCC3(C(=O)O)CCN(CCCSc4ccc(F)cc4)CC3)c2c1. The number of ether oxygens (including phenoxy) is 1. The molecule has 0 bridgehead atoms. The molecule has 0 radical (unpaired) electrons. The van der Waals surface area contributed by atoms with Crippen LogP contribution in [0.25, 0.3) is 10.9 Å². The molecule has 1 fully saturated rings. The van der Waals surface area contributed by atoms with E-state index in [1.54, 1.807) is 49.2 Å². The van der Waals surface area contributed by atoms with Gasteiger partial charge in [0.25, 0.3) is 0 Å². The largest absolute Gasteiger partial charge is 0.497 e. The molecule has 0 spiro atoms. The maximum absolute atomic E-state index is 15.6. The van der Waals surface area contributed by atoms with Crippen LogP contribution < -0.4 is 4.74 Å². The molecule has 198 valence electrons. The number of hydrogen-bond acceptors (Lipinski definition) is 5. The maximum atomic E-state index is 15.6. The lowest BCUT2D eigenvalue weighted by Crippen LogP contribution is -2.44. The number of piperidine rings is 1. The van der Waals surface area contributed by atoms with Crippen LogP contribution in [-0.2, 0) is 4.79 Å². The molecule has 0 saturated carbocycles. The van der Waals surface area contributed by atoms with Crippen LogP contribution >= 0.6 is 23.4 Å². The van der Waals surface area contributed by atoms with Gasteiger partial charge in [0.1, 0.15) is 17.7 Å². The van der Waals surface area contributed by atoms with Gasteiger partial charge in [0, 0.05) is 22.0 Å². The Morgan fingerprint density at radius 2 is 1.97 bits per heavy atom. The standard InChI is InChI=1S/C28H31ClF2N2O3S/c1-36-20-5-8-25-22(17-20)26(23(29)18-32-25)24(31)9-10-28(27(34)35)11-14-33(15-12-28)13-2-16-37-21-6-3-19(30)4-7-21/h3-8,17-18,24H,2,9-16H2,1H3,(H,34,35). The molecule has 1 aliphatic rings. The Balaban J connectivity index is 1.32. The van der Waals surface area contributed by atoms with Crippen LogP contribution in [0.15, 0.2) is 53.6 Å². The van der Waals surface area contributed by atoms with Gasteiger partial charge in [-0.25, -0.2) is 8.78 Å². The zero-order chi connectivity index (χ0) is 26.4. The summed E-state index contributed by atoms with van der Waals surface area (Å²) in [6.45, 7) is 2.21. The van der Waals surface area contributed by atoms with Gasteiger partial charge in [-0.2, -0.15) is 0 Å². The van der Waals surface area contributed by atoms with Crippen molar-refractivity contribution in [2.45, 2.75) is 43.2 Å². The molecule has 0 aliphatic carbocycles. The number of nitrogens with zero attached hydrogens (tertiary/aromatic N) is 2. The summed E-state index contributed by atoms with van der Waals surface area (Å²) in [4.78, 5) is 19.9. The number of aromatic nitrogens is 1. The van der Waals surface area contributed by atoms with Crippen molar-refractivity contribution >= 4 is 40.2 Å². The number of hydrogen-bond donors (Lipinski definition) is 1. The van der Waals surface area contributed by atoms with Crippen LogP contribution in [0.1, 0.15) is 43.8 Å². The van der Waals surface area contributed by atoms with Crippen LogP contribution in [0.2, 0.25) is 5.02 Å². The number of thioether (sulfide) groups is 1. The second kappa shape index (κ2) is 12.4. The molecule has 1 saturated heterocycles. The average Bonchev–Trinajstić information content (AvgIpc) is 2.91. The first-order valence-corrected chi connectivity index (χ1v) is 13.8. The van der Waals surface area contributed by atoms with Gasteiger partial charge in [-0.05, 0) is 100.0 Å². The van der Waals surface area contributed by atoms with Gasteiger partial charge >= 0.3 is 5.97 Å². The number of carboxylic acids is 1. The van der Waals surface area contributed by atoms with Crippen LogP contribution in [0.4, 0.5) is 8.78 Å². The minimum absolute atomic E-state index is 0.0661.